The number of anilines is 1. The van der Waals surface area contributed by atoms with Crippen LogP contribution in [0.15, 0.2) is 24.3 Å². The predicted octanol–water partition coefficient (Wildman–Crippen LogP) is 4.99. The van der Waals surface area contributed by atoms with Crippen LogP contribution < -0.4 is 74.2 Å². The molecular formula is C21H29ClCsF3N2S. The molecule has 3 rings (SSSR count). The van der Waals surface area contributed by atoms with E-state index < -0.39 is 11.9 Å². The second-order valence-electron chi connectivity index (χ2n) is 6.32. The maximum atomic E-state index is 13.1. The van der Waals surface area contributed by atoms with Gasteiger partial charge in [0.1, 0.15) is 5.69 Å². The first-order valence-electron chi connectivity index (χ1n) is 9.06. The largest absolute Gasteiger partial charge is 1.00 e. The standard InChI is InChI=1S/C17H18ClF3N2.C2H6.CH2S.CH3.Cs/c1-10-2-5-12(6-3-10)22-15-9-16(17(19,20)21)23-14-7-4-11(18)8-13(14)15;2*1-2;;/h4,7-10,12H,2-3,5-6H2,1H3,(H,22,23);1-2H3;1H2;1H3;/q;;;-1;+1. The summed E-state index contributed by atoms with van der Waals surface area (Å²) < 4.78 is 39.3. The number of halogens is 4. The molecule has 0 saturated heterocycles. The van der Waals surface area contributed by atoms with Gasteiger partial charge in [-0.1, -0.05) is 44.6 Å². The molecule has 158 valence electrons. The van der Waals surface area contributed by atoms with Gasteiger partial charge in [-0.3, -0.25) is 0 Å². The van der Waals surface area contributed by atoms with Gasteiger partial charge in [0.05, 0.1) is 5.52 Å². The van der Waals surface area contributed by atoms with E-state index in [2.05, 4.69) is 35.3 Å². The van der Waals surface area contributed by atoms with E-state index in [-0.39, 0.29) is 82.4 Å². The van der Waals surface area contributed by atoms with Gasteiger partial charge in [-0.05, 0) is 61.7 Å². The van der Waals surface area contributed by atoms with Crippen LogP contribution in [0.1, 0.15) is 52.1 Å². The van der Waals surface area contributed by atoms with Crippen LogP contribution in [0, 0.1) is 13.3 Å². The fourth-order valence-electron chi connectivity index (χ4n) is 3.09. The van der Waals surface area contributed by atoms with Crippen LogP contribution >= 0.6 is 23.8 Å². The third-order valence-corrected chi connectivity index (χ3v) is 4.67. The number of rotatable bonds is 2. The van der Waals surface area contributed by atoms with Crippen LogP contribution in [0.25, 0.3) is 10.9 Å². The molecule has 2 aromatic rings. The van der Waals surface area contributed by atoms with E-state index in [0.717, 1.165) is 31.7 Å². The Hall–Kier alpha value is 0.652. The average Bonchev–Trinajstić information content (AvgIpc) is 2.66. The maximum absolute atomic E-state index is 13.1. The van der Waals surface area contributed by atoms with Crippen LogP contribution in [-0.4, -0.2) is 16.9 Å². The van der Waals surface area contributed by atoms with E-state index in [1.807, 2.05) is 13.8 Å². The van der Waals surface area contributed by atoms with Crippen molar-refractivity contribution in [3.63, 3.8) is 0 Å². The van der Waals surface area contributed by atoms with Crippen molar-refractivity contribution in [1.29, 1.82) is 0 Å². The molecule has 1 aromatic heterocycles. The minimum Gasteiger partial charge on any atom is -0.382 e. The molecule has 1 saturated carbocycles. The van der Waals surface area contributed by atoms with E-state index in [9.17, 15) is 13.2 Å². The number of nitrogens with one attached hydrogen (secondary N) is 1. The Morgan fingerprint density at radius 3 is 2.17 bits per heavy atom. The van der Waals surface area contributed by atoms with E-state index in [0.29, 0.717) is 27.5 Å². The smallest absolute Gasteiger partial charge is 0.382 e. The number of alkyl halides is 3. The minimum atomic E-state index is -4.47. The van der Waals surface area contributed by atoms with Gasteiger partial charge in [-0.25, -0.2) is 4.98 Å². The molecule has 1 aromatic carbocycles. The van der Waals surface area contributed by atoms with Gasteiger partial charge in [0.15, 0.2) is 0 Å². The number of hydrogen-bond donors (Lipinski definition) is 1. The molecule has 1 N–H and O–H groups in total. The van der Waals surface area contributed by atoms with Gasteiger partial charge in [-0.2, -0.15) is 13.2 Å². The van der Waals surface area contributed by atoms with Gasteiger partial charge < -0.3 is 12.7 Å². The molecule has 1 aliphatic rings. The van der Waals surface area contributed by atoms with Gasteiger partial charge >= 0.3 is 75.1 Å². The summed E-state index contributed by atoms with van der Waals surface area (Å²) in [6.07, 6.45) is -0.355. The monoisotopic (exact) mass is 566 g/mol. The number of aromatic nitrogens is 1. The fourth-order valence-corrected chi connectivity index (χ4v) is 3.26. The molecular weight excluding hydrogens is 538 g/mol. The Morgan fingerprint density at radius 1 is 1.10 bits per heavy atom. The first kappa shape index (κ1) is 31.8. The number of fused-ring (bicyclic) bond motifs is 1. The van der Waals surface area contributed by atoms with Gasteiger partial charge in [0.2, 0.25) is 0 Å². The third-order valence-electron chi connectivity index (χ3n) is 4.44. The van der Waals surface area contributed by atoms with Crippen LogP contribution in [0.5, 0.6) is 0 Å². The molecule has 0 atom stereocenters. The molecule has 1 heterocycles. The molecule has 1 aliphatic carbocycles. The molecule has 1 fully saturated rings. The Morgan fingerprint density at radius 2 is 1.66 bits per heavy atom. The summed E-state index contributed by atoms with van der Waals surface area (Å²) in [5, 5.41) is 4.40. The SMILES string of the molecule is C=S.CC.CC1CCC(Nc2cc(C(F)(F)F)nc3ccc(Cl)cc23)CC1.[CH3-].[Cs+]. The number of thiocarbonyl (C=S) groups is 1. The molecule has 0 spiro atoms. The van der Waals surface area contributed by atoms with Crippen molar-refractivity contribution >= 4 is 46.3 Å². The molecule has 0 radical (unpaired) electrons. The Labute approximate surface area is 242 Å². The zero-order chi connectivity index (χ0) is 20.6. The van der Waals surface area contributed by atoms with Crippen LogP contribution in [0.2, 0.25) is 5.02 Å². The van der Waals surface area contributed by atoms with Gasteiger partial charge in [0, 0.05) is 22.1 Å². The van der Waals surface area contributed by atoms with Crippen molar-refractivity contribution in [2.45, 2.75) is 58.7 Å². The van der Waals surface area contributed by atoms with Crippen LogP contribution in [0.3, 0.4) is 0 Å². The molecule has 2 nitrogen and oxygen atoms in total. The Kier molecular flexibility index (Phi) is 17.0. The number of nitrogens with zero attached hydrogens (tertiary/aromatic N) is 1. The fraction of sp³-hybridized carbons (Fsp3) is 0.476. The molecule has 0 unspecified atom stereocenters. The molecule has 0 aliphatic heterocycles. The number of pyridine rings is 1. The summed E-state index contributed by atoms with van der Waals surface area (Å²) in [5.41, 5.74) is -0.112. The van der Waals surface area contributed by atoms with Crippen molar-refractivity contribution in [3.05, 3.63) is 42.4 Å². The van der Waals surface area contributed by atoms with Crippen molar-refractivity contribution in [3.8, 4) is 0 Å². The van der Waals surface area contributed by atoms with E-state index in [1.54, 1.807) is 12.1 Å². The second kappa shape index (κ2) is 15.5. The van der Waals surface area contributed by atoms with Crippen molar-refractivity contribution < 1.29 is 82.1 Å². The minimum absolute atomic E-state index is 0. The van der Waals surface area contributed by atoms with Crippen molar-refractivity contribution in [1.82, 2.24) is 4.98 Å². The van der Waals surface area contributed by atoms with Gasteiger partial charge in [-0.15, -0.1) is 0 Å². The quantitative estimate of drug-likeness (QED) is 0.410. The molecule has 0 amide bonds. The average molecular weight is 567 g/mol. The molecule has 0 bridgehead atoms. The second-order valence-corrected chi connectivity index (χ2v) is 6.75. The van der Waals surface area contributed by atoms with Crippen molar-refractivity contribution in [2.75, 3.05) is 5.32 Å². The first-order chi connectivity index (χ1) is 12.8. The molecule has 8 heteroatoms. The first-order valence-corrected chi connectivity index (χ1v) is 10.0. The Balaban J connectivity index is 0. The van der Waals surface area contributed by atoms with E-state index >= 15 is 0 Å². The Bertz CT molecular complexity index is 736. The normalized spacial score (nSPS) is 18.0. The summed E-state index contributed by atoms with van der Waals surface area (Å²) in [5.74, 6) is 3.52. The number of benzene rings is 1. The van der Waals surface area contributed by atoms with Crippen LogP contribution in [-0.2, 0) is 6.18 Å². The summed E-state index contributed by atoms with van der Waals surface area (Å²) in [4.78, 5) is 3.73. The summed E-state index contributed by atoms with van der Waals surface area (Å²) in [7, 11) is 0. The summed E-state index contributed by atoms with van der Waals surface area (Å²) in [6.45, 7) is 6.21. The van der Waals surface area contributed by atoms with Gasteiger partial charge in [0.25, 0.3) is 0 Å². The summed E-state index contributed by atoms with van der Waals surface area (Å²) in [6, 6.07) is 6.04. The zero-order valence-electron chi connectivity index (χ0n) is 17.9. The van der Waals surface area contributed by atoms with Crippen LogP contribution in [0.4, 0.5) is 18.9 Å². The van der Waals surface area contributed by atoms with Crippen molar-refractivity contribution in [2.24, 2.45) is 5.92 Å². The number of hydrogen-bond acceptors (Lipinski definition) is 3. The zero-order valence-corrected chi connectivity index (χ0v) is 25.7. The molecule has 29 heavy (non-hydrogen) atoms. The summed E-state index contributed by atoms with van der Waals surface area (Å²) >= 11 is 9.84. The maximum Gasteiger partial charge on any atom is 1.00 e. The third kappa shape index (κ3) is 9.77. The van der Waals surface area contributed by atoms with E-state index in [1.165, 1.54) is 6.07 Å². The predicted molar refractivity (Wildman–Crippen MR) is 119 cm³/mol. The topological polar surface area (TPSA) is 24.9 Å². The van der Waals surface area contributed by atoms with E-state index in [4.69, 9.17) is 11.6 Å².